The van der Waals surface area contributed by atoms with Crippen molar-refractivity contribution in [3.63, 3.8) is 0 Å². The molecule has 0 fully saturated rings. The van der Waals surface area contributed by atoms with Crippen LogP contribution in [0.1, 0.15) is 13.8 Å². The molecule has 90 valence electrons. The van der Waals surface area contributed by atoms with E-state index in [2.05, 4.69) is 0 Å². The van der Waals surface area contributed by atoms with Crippen LogP contribution in [0.15, 0.2) is 23.1 Å². The summed E-state index contributed by atoms with van der Waals surface area (Å²) >= 11 is 0. The predicted octanol–water partition coefficient (Wildman–Crippen LogP) is 1.36. The molecule has 0 saturated heterocycles. The smallest absolute Gasteiger partial charge is 0.296 e. The molecule has 6 heteroatoms. The minimum atomic E-state index is -4.24. The van der Waals surface area contributed by atoms with Crippen LogP contribution in [-0.2, 0) is 10.1 Å². The standard InChI is InChI=1S/C10H16N2O3S/c1-3-12(4-2)9-6-5-8(11)7-10(9)16(13,14)15/h5-7H,3-4,11H2,1-2H3,(H,13,14,15). The zero-order valence-corrected chi connectivity index (χ0v) is 10.2. The largest absolute Gasteiger partial charge is 0.399 e. The van der Waals surface area contributed by atoms with Gasteiger partial charge < -0.3 is 10.6 Å². The van der Waals surface area contributed by atoms with Crippen molar-refractivity contribution >= 4 is 21.5 Å². The fourth-order valence-electron chi connectivity index (χ4n) is 1.56. The van der Waals surface area contributed by atoms with Gasteiger partial charge in [-0.3, -0.25) is 4.55 Å². The number of nitrogens with zero attached hydrogens (tertiary/aromatic N) is 1. The van der Waals surface area contributed by atoms with Gasteiger partial charge in [0.05, 0.1) is 5.69 Å². The van der Waals surface area contributed by atoms with Crippen molar-refractivity contribution in [2.24, 2.45) is 0 Å². The molecule has 0 radical (unpaired) electrons. The summed E-state index contributed by atoms with van der Waals surface area (Å²) in [4.78, 5) is 1.69. The molecule has 3 N–H and O–H groups in total. The molecule has 1 rings (SSSR count). The van der Waals surface area contributed by atoms with Crippen molar-refractivity contribution in [2.45, 2.75) is 18.7 Å². The zero-order chi connectivity index (χ0) is 12.3. The molecule has 5 nitrogen and oxygen atoms in total. The second-order valence-corrected chi connectivity index (χ2v) is 4.76. The highest BCUT2D eigenvalue weighted by Crippen LogP contribution is 2.27. The van der Waals surface area contributed by atoms with E-state index in [4.69, 9.17) is 10.3 Å². The zero-order valence-electron chi connectivity index (χ0n) is 9.34. The number of hydrogen-bond acceptors (Lipinski definition) is 4. The average molecular weight is 244 g/mol. The summed E-state index contributed by atoms with van der Waals surface area (Å²) in [6.45, 7) is 5.13. The van der Waals surface area contributed by atoms with Crippen LogP contribution in [0.2, 0.25) is 0 Å². The summed E-state index contributed by atoms with van der Waals surface area (Å²) < 4.78 is 31.6. The third-order valence-corrected chi connectivity index (χ3v) is 3.25. The van der Waals surface area contributed by atoms with Crippen LogP contribution in [0.3, 0.4) is 0 Å². The van der Waals surface area contributed by atoms with Crippen LogP contribution in [0.5, 0.6) is 0 Å². The highest BCUT2D eigenvalue weighted by atomic mass is 32.2. The lowest BCUT2D eigenvalue weighted by atomic mass is 10.2. The SMILES string of the molecule is CCN(CC)c1ccc(N)cc1S(=O)(=O)O. The molecular formula is C10H16N2O3S. The number of rotatable bonds is 4. The van der Waals surface area contributed by atoms with Crippen LogP contribution in [-0.4, -0.2) is 26.1 Å². The van der Waals surface area contributed by atoms with Gasteiger partial charge in [-0.15, -0.1) is 0 Å². The molecule has 0 spiro atoms. The van der Waals surface area contributed by atoms with Crippen molar-refractivity contribution < 1.29 is 13.0 Å². The molecule has 0 aliphatic carbocycles. The van der Waals surface area contributed by atoms with E-state index < -0.39 is 10.1 Å². The molecule has 1 aromatic rings. The lowest BCUT2D eigenvalue weighted by molar-refractivity contribution is 0.483. The number of hydrogen-bond donors (Lipinski definition) is 2. The minimum absolute atomic E-state index is 0.142. The molecule has 0 atom stereocenters. The molecule has 0 aliphatic heterocycles. The Balaban J connectivity index is 3.39. The molecule has 16 heavy (non-hydrogen) atoms. The van der Waals surface area contributed by atoms with E-state index in [1.165, 1.54) is 6.07 Å². The Morgan fingerprint density at radius 3 is 2.31 bits per heavy atom. The fraction of sp³-hybridized carbons (Fsp3) is 0.400. The Bertz CT molecular complexity index is 467. The van der Waals surface area contributed by atoms with E-state index in [0.717, 1.165) is 0 Å². The maximum Gasteiger partial charge on any atom is 0.296 e. The maximum atomic E-state index is 11.2. The topological polar surface area (TPSA) is 83.6 Å². The lowest BCUT2D eigenvalue weighted by Gasteiger charge is -2.23. The van der Waals surface area contributed by atoms with Gasteiger partial charge in [0.2, 0.25) is 0 Å². The molecule has 0 bridgehead atoms. The van der Waals surface area contributed by atoms with Gasteiger partial charge in [-0.25, -0.2) is 0 Å². The molecule has 1 aromatic carbocycles. The van der Waals surface area contributed by atoms with Crippen LogP contribution in [0, 0.1) is 0 Å². The first-order valence-electron chi connectivity index (χ1n) is 5.02. The molecule has 0 heterocycles. The lowest BCUT2D eigenvalue weighted by Crippen LogP contribution is -2.24. The Morgan fingerprint density at radius 1 is 1.31 bits per heavy atom. The van der Waals surface area contributed by atoms with E-state index in [0.29, 0.717) is 24.5 Å². The van der Waals surface area contributed by atoms with Crippen molar-refractivity contribution in [3.05, 3.63) is 18.2 Å². The number of nitrogen functional groups attached to an aromatic ring is 1. The Hall–Kier alpha value is -1.27. The van der Waals surface area contributed by atoms with E-state index in [1.54, 1.807) is 12.1 Å². The van der Waals surface area contributed by atoms with E-state index >= 15 is 0 Å². The Morgan fingerprint density at radius 2 is 1.88 bits per heavy atom. The summed E-state index contributed by atoms with van der Waals surface area (Å²) in [5, 5.41) is 0. The monoisotopic (exact) mass is 244 g/mol. The minimum Gasteiger partial charge on any atom is -0.399 e. The highest BCUT2D eigenvalue weighted by Gasteiger charge is 2.18. The maximum absolute atomic E-state index is 11.2. The van der Waals surface area contributed by atoms with Crippen molar-refractivity contribution in [3.8, 4) is 0 Å². The highest BCUT2D eigenvalue weighted by molar-refractivity contribution is 7.86. The van der Waals surface area contributed by atoms with Crippen LogP contribution in [0.4, 0.5) is 11.4 Å². The van der Waals surface area contributed by atoms with Gasteiger partial charge in [-0.05, 0) is 32.0 Å². The van der Waals surface area contributed by atoms with Gasteiger partial charge in [0.1, 0.15) is 4.90 Å². The first-order chi connectivity index (χ1) is 7.40. The molecule has 0 unspecified atom stereocenters. The summed E-state index contributed by atoms with van der Waals surface area (Å²) in [7, 11) is -4.24. The quantitative estimate of drug-likeness (QED) is 0.617. The summed E-state index contributed by atoms with van der Waals surface area (Å²) in [5.41, 5.74) is 6.30. The van der Waals surface area contributed by atoms with Crippen LogP contribution >= 0.6 is 0 Å². The van der Waals surface area contributed by atoms with Gasteiger partial charge in [-0.2, -0.15) is 8.42 Å². The van der Waals surface area contributed by atoms with Gasteiger partial charge in [0.25, 0.3) is 10.1 Å². The van der Waals surface area contributed by atoms with Gasteiger partial charge in [-0.1, -0.05) is 0 Å². The van der Waals surface area contributed by atoms with Crippen LogP contribution in [0.25, 0.3) is 0 Å². The predicted molar refractivity (Wildman–Crippen MR) is 64.2 cm³/mol. The normalized spacial score (nSPS) is 11.4. The number of benzene rings is 1. The Kier molecular flexibility index (Phi) is 3.77. The second kappa shape index (κ2) is 4.71. The third-order valence-electron chi connectivity index (χ3n) is 2.37. The van der Waals surface area contributed by atoms with Gasteiger partial charge >= 0.3 is 0 Å². The summed E-state index contributed by atoms with van der Waals surface area (Å²) in [5.74, 6) is 0. The van der Waals surface area contributed by atoms with E-state index in [1.807, 2.05) is 18.7 Å². The number of anilines is 2. The number of nitrogens with two attached hydrogens (primary N) is 1. The molecule has 0 saturated carbocycles. The third kappa shape index (κ3) is 2.65. The first kappa shape index (κ1) is 12.8. The first-order valence-corrected chi connectivity index (χ1v) is 6.46. The van der Waals surface area contributed by atoms with E-state index in [-0.39, 0.29) is 4.90 Å². The Labute approximate surface area is 95.6 Å². The fourth-order valence-corrected chi connectivity index (χ4v) is 2.31. The van der Waals surface area contributed by atoms with E-state index in [9.17, 15) is 8.42 Å². The summed E-state index contributed by atoms with van der Waals surface area (Å²) in [6.07, 6.45) is 0. The molecule has 0 aliphatic rings. The molecule has 0 aromatic heterocycles. The van der Waals surface area contributed by atoms with Crippen molar-refractivity contribution in [1.29, 1.82) is 0 Å². The second-order valence-electron chi connectivity index (χ2n) is 3.37. The average Bonchev–Trinajstić information content (AvgIpc) is 2.20. The molecule has 0 amide bonds. The van der Waals surface area contributed by atoms with Crippen LogP contribution < -0.4 is 10.6 Å². The summed E-state index contributed by atoms with van der Waals surface area (Å²) in [6, 6.07) is 4.48. The van der Waals surface area contributed by atoms with Gasteiger partial charge in [0, 0.05) is 18.8 Å². The van der Waals surface area contributed by atoms with Crippen molar-refractivity contribution in [2.75, 3.05) is 23.7 Å². The van der Waals surface area contributed by atoms with Crippen molar-refractivity contribution in [1.82, 2.24) is 0 Å². The van der Waals surface area contributed by atoms with Gasteiger partial charge in [0.15, 0.2) is 0 Å². The molecular weight excluding hydrogens is 228 g/mol.